The van der Waals surface area contributed by atoms with Gasteiger partial charge < -0.3 is 9.90 Å². The molecule has 0 aromatic carbocycles. The number of hydrogen-bond donors (Lipinski definition) is 2. The molecule has 0 saturated heterocycles. The minimum absolute atomic E-state index is 0.459. The van der Waals surface area contributed by atoms with Gasteiger partial charge in [0.1, 0.15) is 12.3 Å². The fourth-order valence-corrected chi connectivity index (χ4v) is 0.972. The number of carbonyl (C=O) groups is 2. The first-order valence-corrected chi connectivity index (χ1v) is 4.93. The zero-order valence-corrected chi connectivity index (χ0v) is 9.61. The van der Waals surface area contributed by atoms with Gasteiger partial charge in [0.05, 0.1) is 5.60 Å². The van der Waals surface area contributed by atoms with Crippen molar-refractivity contribution in [2.45, 2.75) is 45.8 Å². The van der Waals surface area contributed by atoms with E-state index in [1.54, 1.807) is 27.7 Å². The number of carbonyl (C=O) groups excluding carboxylic acids is 1. The lowest BCUT2D eigenvalue weighted by atomic mass is 9.99. The molecule has 5 heteroatoms. The van der Waals surface area contributed by atoms with Gasteiger partial charge in [-0.05, 0) is 27.2 Å². The molecule has 15 heavy (non-hydrogen) atoms. The first kappa shape index (κ1) is 14.1. The Kier molecular flexibility index (Phi) is 5.46. The minimum Gasteiger partial charge on any atom is -0.480 e. The van der Waals surface area contributed by atoms with Crippen LogP contribution in [0, 0.1) is 5.92 Å². The second-order valence-corrected chi connectivity index (χ2v) is 4.36. The first-order chi connectivity index (χ1) is 6.81. The highest BCUT2D eigenvalue weighted by molar-refractivity contribution is 5.78. The van der Waals surface area contributed by atoms with Gasteiger partial charge in [-0.3, -0.25) is 9.63 Å². The van der Waals surface area contributed by atoms with Gasteiger partial charge in [0.15, 0.2) is 0 Å². The fourth-order valence-electron chi connectivity index (χ4n) is 0.972. The van der Waals surface area contributed by atoms with Crippen LogP contribution in [0.3, 0.4) is 0 Å². The average molecular weight is 217 g/mol. The van der Waals surface area contributed by atoms with Gasteiger partial charge in [0.2, 0.25) is 0 Å². The van der Waals surface area contributed by atoms with Crippen LogP contribution in [0.2, 0.25) is 0 Å². The second-order valence-electron chi connectivity index (χ2n) is 4.36. The van der Waals surface area contributed by atoms with Crippen molar-refractivity contribution in [1.82, 2.24) is 5.48 Å². The van der Waals surface area contributed by atoms with Gasteiger partial charge in [0, 0.05) is 5.92 Å². The highest BCUT2D eigenvalue weighted by Gasteiger charge is 2.28. The highest BCUT2D eigenvalue weighted by Crippen LogP contribution is 2.10. The molecule has 0 bridgehead atoms. The second kappa shape index (κ2) is 5.82. The summed E-state index contributed by atoms with van der Waals surface area (Å²) < 4.78 is 0. The van der Waals surface area contributed by atoms with Crippen LogP contribution in [0.1, 0.15) is 34.1 Å². The van der Waals surface area contributed by atoms with Crippen molar-refractivity contribution in [3.8, 4) is 0 Å². The Morgan fingerprint density at radius 1 is 1.53 bits per heavy atom. The van der Waals surface area contributed by atoms with Crippen LogP contribution in [0.4, 0.5) is 0 Å². The van der Waals surface area contributed by atoms with Crippen molar-refractivity contribution < 1.29 is 19.5 Å². The summed E-state index contributed by atoms with van der Waals surface area (Å²) >= 11 is 0. The largest absolute Gasteiger partial charge is 0.480 e. The third-order valence-corrected chi connectivity index (χ3v) is 1.83. The van der Waals surface area contributed by atoms with Crippen molar-refractivity contribution in [2.24, 2.45) is 5.92 Å². The van der Waals surface area contributed by atoms with E-state index in [9.17, 15) is 9.59 Å². The molecule has 88 valence electrons. The number of hydrogen-bond acceptors (Lipinski definition) is 4. The average Bonchev–Trinajstić information content (AvgIpc) is 2.09. The predicted molar refractivity (Wildman–Crippen MR) is 55.2 cm³/mol. The standard InChI is InChI=1S/C10H19NO4/c1-5-7(6-12)8(9(13)14)11-15-10(2,3)4/h6-8,11H,5H2,1-4H3,(H,13,14). The summed E-state index contributed by atoms with van der Waals surface area (Å²) in [6.07, 6.45) is 1.10. The minimum atomic E-state index is -1.08. The number of rotatable bonds is 6. The van der Waals surface area contributed by atoms with Crippen LogP contribution in [-0.4, -0.2) is 29.0 Å². The normalized spacial score (nSPS) is 15.7. The lowest BCUT2D eigenvalue weighted by Gasteiger charge is -2.25. The van der Waals surface area contributed by atoms with Crippen LogP contribution in [0.5, 0.6) is 0 Å². The van der Waals surface area contributed by atoms with Crippen LogP contribution in [0.25, 0.3) is 0 Å². The molecule has 0 rings (SSSR count). The molecule has 2 N–H and O–H groups in total. The molecule has 0 aliphatic rings. The molecule has 0 spiro atoms. The zero-order valence-electron chi connectivity index (χ0n) is 9.61. The van der Waals surface area contributed by atoms with E-state index in [1.807, 2.05) is 0 Å². The molecule has 2 atom stereocenters. The van der Waals surface area contributed by atoms with Gasteiger partial charge in [-0.2, -0.15) is 5.48 Å². The van der Waals surface area contributed by atoms with E-state index in [-0.39, 0.29) is 0 Å². The van der Waals surface area contributed by atoms with E-state index in [0.29, 0.717) is 12.7 Å². The summed E-state index contributed by atoms with van der Waals surface area (Å²) in [5.41, 5.74) is 1.94. The van der Waals surface area contributed by atoms with E-state index in [1.165, 1.54) is 0 Å². The maximum absolute atomic E-state index is 10.9. The zero-order chi connectivity index (χ0) is 12.1. The summed E-state index contributed by atoms with van der Waals surface area (Å²) in [7, 11) is 0. The first-order valence-electron chi connectivity index (χ1n) is 4.93. The Morgan fingerprint density at radius 2 is 2.07 bits per heavy atom. The summed E-state index contributed by atoms with van der Waals surface area (Å²) in [6, 6.07) is -0.994. The Balaban J connectivity index is 4.41. The molecular formula is C10H19NO4. The lowest BCUT2D eigenvalue weighted by molar-refractivity contribution is -0.155. The lowest BCUT2D eigenvalue weighted by Crippen LogP contribution is -2.46. The van der Waals surface area contributed by atoms with Crippen molar-refractivity contribution in [3.05, 3.63) is 0 Å². The van der Waals surface area contributed by atoms with Gasteiger partial charge in [-0.1, -0.05) is 6.92 Å². The number of aliphatic carboxylic acids is 1. The van der Waals surface area contributed by atoms with Crippen molar-refractivity contribution in [3.63, 3.8) is 0 Å². The van der Waals surface area contributed by atoms with Crippen LogP contribution >= 0.6 is 0 Å². The summed E-state index contributed by atoms with van der Waals surface area (Å²) in [5.74, 6) is -1.66. The molecule has 0 aliphatic carbocycles. The molecule has 0 heterocycles. The molecule has 5 nitrogen and oxygen atoms in total. The van der Waals surface area contributed by atoms with Crippen LogP contribution in [0.15, 0.2) is 0 Å². The smallest absolute Gasteiger partial charge is 0.323 e. The van der Waals surface area contributed by atoms with Gasteiger partial charge >= 0.3 is 5.97 Å². The Hall–Kier alpha value is -0.940. The number of aldehydes is 1. The van der Waals surface area contributed by atoms with E-state index >= 15 is 0 Å². The molecule has 0 aliphatic heterocycles. The molecule has 0 amide bonds. The highest BCUT2D eigenvalue weighted by atomic mass is 16.7. The molecule has 0 fully saturated rings. The van der Waals surface area contributed by atoms with Crippen LogP contribution < -0.4 is 5.48 Å². The van der Waals surface area contributed by atoms with Gasteiger partial charge in [-0.25, -0.2) is 0 Å². The third-order valence-electron chi connectivity index (χ3n) is 1.83. The number of carboxylic acid groups (broad SMARTS) is 1. The SMILES string of the molecule is CCC(C=O)C(NOC(C)(C)C)C(=O)O. The maximum Gasteiger partial charge on any atom is 0.323 e. The number of carboxylic acids is 1. The van der Waals surface area contributed by atoms with E-state index < -0.39 is 23.5 Å². The van der Waals surface area contributed by atoms with Crippen molar-refractivity contribution in [1.29, 1.82) is 0 Å². The summed E-state index contributed by atoms with van der Waals surface area (Å²) in [5, 5.41) is 8.90. The molecule has 0 radical (unpaired) electrons. The van der Waals surface area contributed by atoms with Crippen LogP contribution in [-0.2, 0) is 14.4 Å². The van der Waals surface area contributed by atoms with Gasteiger partial charge in [-0.15, -0.1) is 0 Å². The predicted octanol–water partition coefficient (Wildman–Crippen LogP) is 0.984. The summed E-state index contributed by atoms with van der Waals surface area (Å²) in [4.78, 5) is 26.7. The van der Waals surface area contributed by atoms with Crippen molar-refractivity contribution in [2.75, 3.05) is 0 Å². The van der Waals surface area contributed by atoms with E-state index in [0.717, 1.165) is 0 Å². The molecule has 2 unspecified atom stereocenters. The number of nitrogens with one attached hydrogen (secondary N) is 1. The van der Waals surface area contributed by atoms with Gasteiger partial charge in [0.25, 0.3) is 0 Å². The molecule has 0 aromatic heterocycles. The Bertz CT molecular complexity index is 222. The third kappa shape index (κ3) is 5.49. The topological polar surface area (TPSA) is 75.6 Å². The Morgan fingerprint density at radius 3 is 2.33 bits per heavy atom. The van der Waals surface area contributed by atoms with E-state index in [4.69, 9.17) is 9.94 Å². The fraction of sp³-hybridized carbons (Fsp3) is 0.800. The molecule has 0 saturated carbocycles. The monoisotopic (exact) mass is 217 g/mol. The van der Waals surface area contributed by atoms with E-state index in [2.05, 4.69) is 5.48 Å². The quantitative estimate of drug-likeness (QED) is 0.512. The number of hydroxylamine groups is 1. The van der Waals surface area contributed by atoms with Crippen molar-refractivity contribution >= 4 is 12.3 Å². The summed E-state index contributed by atoms with van der Waals surface area (Å²) in [6.45, 7) is 7.14. The molecule has 0 aromatic rings. The molecular weight excluding hydrogens is 198 g/mol. The maximum atomic E-state index is 10.9. The Labute approximate surface area is 89.8 Å².